The summed E-state index contributed by atoms with van der Waals surface area (Å²) < 4.78 is 6.03. The van der Waals surface area contributed by atoms with Crippen molar-refractivity contribution in [1.82, 2.24) is 4.90 Å². The molecule has 0 aromatic carbocycles. The maximum atomic E-state index is 11.8. The van der Waals surface area contributed by atoms with Crippen LogP contribution in [-0.4, -0.2) is 33.6 Å². The van der Waals surface area contributed by atoms with Crippen molar-refractivity contribution in [3.05, 3.63) is 0 Å². The Labute approximate surface area is 106 Å². The Bertz CT molecular complexity index is 237. The molecule has 1 amide bonds. The lowest BCUT2D eigenvalue weighted by Gasteiger charge is -2.35. The van der Waals surface area contributed by atoms with Crippen LogP contribution in [0.2, 0.25) is 0 Å². The molecule has 0 N–H and O–H groups in total. The molecule has 4 heteroatoms. The van der Waals surface area contributed by atoms with E-state index >= 15 is 0 Å². The maximum Gasteiger partial charge on any atom is 0.410 e. The first-order valence-corrected chi connectivity index (χ1v) is 6.66. The van der Waals surface area contributed by atoms with Gasteiger partial charge in [-0.25, -0.2) is 4.79 Å². The fraction of sp³-hybridized carbons (Fsp3) is 0.909. The van der Waals surface area contributed by atoms with Crippen LogP contribution in [0.15, 0.2) is 0 Å². The number of piperidine rings is 1. The van der Waals surface area contributed by atoms with Crippen molar-refractivity contribution in [3.63, 3.8) is 0 Å². The second-order valence-electron chi connectivity index (χ2n) is 5.21. The monoisotopic (exact) mass is 325 g/mol. The Morgan fingerprint density at radius 1 is 1.47 bits per heavy atom. The van der Waals surface area contributed by atoms with Crippen molar-refractivity contribution < 1.29 is 9.53 Å². The summed E-state index contributed by atoms with van der Waals surface area (Å²) in [5, 5.41) is 0. The number of alkyl halides is 1. The zero-order valence-electron chi connectivity index (χ0n) is 9.92. The zero-order valence-corrected chi connectivity index (χ0v) is 12.1. The van der Waals surface area contributed by atoms with Crippen LogP contribution in [-0.2, 0) is 4.74 Å². The number of rotatable bonds is 0. The van der Waals surface area contributed by atoms with Crippen LogP contribution in [0.3, 0.4) is 0 Å². The van der Waals surface area contributed by atoms with Gasteiger partial charge in [-0.3, -0.25) is 0 Å². The Kier molecular flexibility index (Phi) is 4.26. The van der Waals surface area contributed by atoms with Gasteiger partial charge in [0.25, 0.3) is 0 Å². The first kappa shape index (κ1) is 13.1. The number of hydrogen-bond acceptors (Lipinski definition) is 2. The molecule has 1 saturated heterocycles. The number of amides is 1. The number of carbonyl (C=O) groups is 1. The molecule has 0 radical (unpaired) electrons. The summed E-state index contributed by atoms with van der Waals surface area (Å²) in [6.45, 7) is 9.54. The van der Waals surface area contributed by atoms with E-state index in [0.29, 0.717) is 9.84 Å². The zero-order chi connectivity index (χ0) is 11.6. The summed E-state index contributed by atoms with van der Waals surface area (Å²) in [4.78, 5) is 13.6. The average molecular weight is 325 g/mol. The number of ether oxygens (including phenoxy) is 1. The molecule has 1 aliphatic rings. The molecule has 1 heterocycles. The van der Waals surface area contributed by atoms with Gasteiger partial charge in [-0.2, -0.15) is 0 Å². The molecule has 3 nitrogen and oxygen atoms in total. The fourth-order valence-electron chi connectivity index (χ4n) is 1.61. The second kappa shape index (κ2) is 4.89. The van der Waals surface area contributed by atoms with Crippen molar-refractivity contribution in [2.75, 3.05) is 13.1 Å². The molecule has 1 rings (SSSR count). The summed E-state index contributed by atoms with van der Waals surface area (Å²) >= 11 is 2.47. The lowest BCUT2D eigenvalue weighted by Crippen LogP contribution is -2.45. The van der Waals surface area contributed by atoms with E-state index in [2.05, 4.69) is 29.5 Å². The molecule has 88 valence electrons. The summed E-state index contributed by atoms with van der Waals surface area (Å²) in [5.74, 6) is 0.562. The van der Waals surface area contributed by atoms with Crippen molar-refractivity contribution >= 4 is 28.7 Å². The smallest absolute Gasteiger partial charge is 0.410 e. The number of halogens is 1. The van der Waals surface area contributed by atoms with Gasteiger partial charge in [0.15, 0.2) is 0 Å². The van der Waals surface area contributed by atoms with Crippen LogP contribution in [0.5, 0.6) is 0 Å². The number of carbonyl (C=O) groups excluding carboxylic acids is 1. The minimum absolute atomic E-state index is 0.169. The van der Waals surface area contributed by atoms with Crippen molar-refractivity contribution in [2.24, 2.45) is 5.92 Å². The topological polar surface area (TPSA) is 29.5 Å². The van der Waals surface area contributed by atoms with E-state index in [0.717, 1.165) is 19.5 Å². The van der Waals surface area contributed by atoms with Crippen molar-refractivity contribution in [1.29, 1.82) is 0 Å². The van der Waals surface area contributed by atoms with Crippen LogP contribution in [0.4, 0.5) is 4.79 Å². The van der Waals surface area contributed by atoms with Gasteiger partial charge in [0.05, 0.1) is 0 Å². The number of nitrogens with zero attached hydrogens (tertiary/aromatic N) is 1. The van der Waals surface area contributed by atoms with E-state index in [4.69, 9.17) is 4.74 Å². The highest BCUT2D eigenvalue weighted by molar-refractivity contribution is 14.1. The maximum absolute atomic E-state index is 11.8. The SMILES string of the molecule is C[C@H]1CN(C(=O)OC(C)(C)C)CC[C@H]1I. The predicted molar refractivity (Wildman–Crippen MR) is 69.4 cm³/mol. The van der Waals surface area contributed by atoms with Gasteiger partial charge in [0.1, 0.15) is 5.60 Å². The van der Waals surface area contributed by atoms with Crippen molar-refractivity contribution in [3.8, 4) is 0 Å². The van der Waals surface area contributed by atoms with Crippen molar-refractivity contribution in [2.45, 2.75) is 43.6 Å². The molecular weight excluding hydrogens is 305 g/mol. The molecule has 1 aliphatic heterocycles. The summed E-state index contributed by atoms with van der Waals surface area (Å²) in [5.41, 5.74) is -0.387. The number of hydrogen-bond donors (Lipinski definition) is 0. The molecule has 0 spiro atoms. The third-order valence-electron chi connectivity index (χ3n) is 2.45. The van der Waals surface area contributed by atoms with Gasteiger partial charge >= 0.3 is 6.09 Å². The lowest BCUT2D eigenvalue weighted by molar-refractivity contribution is 0.0184. The summed E-state index contributed by atoms with van der Waals surface area (Å²) in [6, 6.07) is 0. The third-order valence-corrected chi connectivity index (χ3v) is 4.30. The minimum Gasteiger partial charge on any atom is -0.444 e. The number of likely N-dealkylation sites (tertiary alicyclic amines) is 1. The van der Waals surface area contributed by atoms with Gasteiger partial charge in [0.2, 0.25) is 0 Å². The van der Waals surface area contributed by atoms with Gasteiger partial charge in [-0.1, -0.05) is 29.5 Å². The van der Waals surface area contributed by atoms with Crippen LogP contribution in [0.1, 0.15) is 34.1 Å². The standard InChI is InChI=1S/C11H20INO2/c1-8-7-13(6-5-9(8)12)10(14)15-11(2,3)4/h8-9H,5-7H2,1-4H3/t8-,9+/m0/s1. The summed E-state index contributed by atoms with van der Waals surface area (Å²) in [6.07, 6.45) is 0.902. The predicted octanol–water partition coefficient (Wildman–Crippen LogP) is 3.07. The molecule has 0 aliphatic carbocycles. The molecule has 2 atom stereocenters. The van der Waals surface area contributed by atoms with E-state index in [1.54, 1.807) is 0 Å². The first-order valence-electron chi connectivity index (χ1n) is 5.41. The van der Waals surface area contributed by atoms with Crippen LogP contribution in [0.25, 0.3) is 0 Å². The Morgan fingerprint density at radius 2 is 2.07 bits per heavy atom. The van der Waals surface area contributed by atoms with Crippen LogP contribution in [0, 0.1) is 5.92 Å². The summed E-state index contributed by atoms with van der Waals surface area (Å²) in [7, 11) is 0. The molecular formula is C11H20INO2. The first-order chi connectivity index (χ1) is 6.79. The highest BCUT2D eigenvalue weighted by Crippen LogP contribution is 2.24. The molecule has 0 aromatic heterocycles. The largest absolute Gasteiger partial charge is 0.444 e. The van der Waals surface area contributed by atoms with E-state index in [9.17, 15) is 4.79 Å². The quantitative estimate of drug-likeness (QED) is 0.506. The second-order valence-corrected chi connectivity index (χ2v) is 6.81. The van der Waals surface area contributed by atoms with E-state index in [-0.39, 0.29) is 11.7 Å². The molecule has 0 unspecified atom stereocenters. The molecule has 1 fully saturated rings. The van der Waals surface area contributed by atoms with Crippen LogP contribution < -0.4 is 0 Å². The average Bonchev–Trinajstić information content (AvgIpc) is 2.06. The van der Waals surface area contributed by atoms with E-state index in [1.807, 2.05) is 25.7 Å². The molecule has 15 heavy (non-hydrogen) atoms. The van der Waals surface area contributed by atoms with Gasteiger partial charge in [-0.05, 0) is 33.1 Å². The van der Waals surface area contributed by atoms with Gasteiger partial charge in [-0.15, -0.1) is 0 Å². The molecule has 0 saturated carbocycles. The Morgan fingerprint density at radius 3 is 2.53 bits per heavy atom. The van der Waals surface area contributed by atoms with Crippen LogP contribution >= 0.6 is 22.6 Å². The van der Waals surface area contributed by atoms with E-state index < -0.39 is 0 Å². The fourth-order valence-corrected chi connectivity index (χ4v) is 2.12. The van der Waals surface area contributed by atoms with E-state index in [1.165, 1.54) is 0 Å². The lowest BCUT2D eigenvalue weighted by atomic mass is 10.0. The third kappa shape index (κ3) is 4.17. The molecule has 0 bridgehead atoms. The minimum atomic E-state index is -0.387. The highest BCUT2D eigenvalue weighted by Gasteiger charge is 2.29. The Hall–Kier alpha value is 0. The van der Waals surface area contributed by atoms with Gasteiger partial charge in [0, 0.05) is 17.0 Å². The molecule has 0 aromatic rings. The Balaban J connectivity index is 2.48. The highest BCUT2D eigenvalue weighted by atomic mass is 127. The normalized spacial score (nSPS) is 27.7. The van der Waals surface area contributed by atoms with Gasteiger partial charge < -0.3 is 9.64 Å².